The summed E-state index contributed by atoms with van der Waals surface area (Å²) < 4.78 is 10.0. The molecule has 0 saturated heterocycles. The Kier molecular flexibility index (Phi) is 12.8. The Morgan fingerprint density at radius 1 is 1.12 bits per heavy atom. The molecule has 26 heavy (non-hydrogen) atoms. The number of carbonyl (C=O) groups excluding carboxylic acids is 1. The van der Waals surface area contributed by atoms with Crippen LogP contribution in [0.3, 0.4) is 0 Å². The van der Waals surface area contributed by atoms with Gasteiger partial charge in [-0.1, -0.05) is 0 Å². The highest BCUT2D eigenvalue weighted by molar-refractivity contribution is 7.14. The Labute approximate surface area is 169 Å². The lowest BCUT2D eigenvalue weighted by Crippen LogP contribution is -2.33. The average Bonchev–Trinajstić information content (AvgIpc) is 3.07. The smallest absolute Gasteiger partial charge is 0.270 e. The van der Waals surface area contributed by atoms with E-state index in [-0.39, 0.29) is 30.7 Å². The van der Waals surface area contributed by atoms with Crippen molar-refractivity contribution in [3.8, 4) is 5.75 Å². The van der Waals surface area contributed by atoms with Crippen LogP contribution in [0.25, 0.3) is 0 Å². The van der Waals surface area contributed by atoms with Crippen LogP contribution in [-0.2, 0) is 4.74 Å². The molecule has 0 saturated carbocycles. The number of ether oxygens (including phenoxy) is 2. The van der Waals surface area contributed by atoms with Crippen molar-refractivity contribution in [2.24, 2.45) is 0 Å². The third-order valence-corrected chi connectivity index (χ3v) is 3.91. The molecule has 7 nitrogen and oxygen atoms in total. The van der Waals surface area contributed by atoms with Gasteiger partial charge in [-0.05, 0) is 24.3 Å². The summed E-state index contributed by atoms with van der Waals surface area (Å²) in [6.45, 7) is 2.65. The Morgan fingerprint density at radius 3 is 2.50 bits per heavy atom. The second-order valence-corrected chi connectivity index (χ2v) is 5.75. The van der Waals surface area contributed by atoms with E-state index in [4.69, 9.17) is 9.47 Å². The number of anilines is 2. The number of amides is 1. The van der Waals surface area contributed by atoms with Crippen LogP contribution in [0.15, 0.2) is 29.6 Å². The molecule has 0 aliphatic carbocycles. The Hall–Kier alpha value is -1.58. The Balaban J connectivity index is 0.00000312. The van der Waals surface area contributed by atoms with Crippen molar-refractivity contribution >= 4 is 52.9 Å². The SMILES string of the molecule is COCCNCCNC(=O)c1csc(Nc2ccc(OC)cc2)n1.Cl.Cl. The third kappa shape index (κ3) is 8.20. The predicted molar refractivity (Wildman–Crippen MR) is 110 cm³/mol. The lowest BCUT2D eigenvalue weighted by molar-refractivity contribution is 0.0949. The third-order valence-electron chi connectivity index (χ3n) is 3.15. The minimum atomic E-state index is -0.178. The van der Waals surface area contributed by atoms with Crippen molar-refractivity contribution in [2.75, 3.05) is 45.8 Å². The fourth-order valence-electron chi connectivity index (χ4n) is 1.89. The molecular weight excluding hydrogens is 399 g/mol. The number of hydrogen-bond acceptors (Lipinski definition) is 7. The number of benzene rings is 1. The zero-order valence-corrected chi connectivity index (χ0v) is 17.1. The van der Waals surface area contributed by atoms with E-state index < -0.39 is 0 Å². The highest BCUT2D eigenvalue weighted by atomic mass is 35.5. The number of halogens is 2. The first-order valence-electron chi connectivity index (χ1n) is 7.57. The van der Waals surface area contributed by atoms with Crippen molar-refractivity contribution in [3.63, 3.8) is 0 Å². The van der Waals surface area contributed by atoms with Crippen LogP contribution in [0.5, 0.6) is 5.75 Å². The van der Waals surface area contributed by atoms with Crippen LogP contribution >= 0.6 is 36.2 Å². The average molecular weight is 423 g/mol. The molecule has 1 aromatic heterocycles. The van der Waals surface area contributed by atoms with Crippen LogP contribution in [-0.4, -0.2) is 51.4 Å². The zero-order chi connectivity index (χ0) is 17.2. The molecule has 1 amide bonds. The number of nitrogens with one attached hydrogen (secondary N) is 3. The van der Waals surface area contributed by atoms with Gasteiger partial charge in [-0.3, -0.25) is 4.79 Å². The molecule has 0 aliphatic rings. The molecular formula is C16H24Cl2N4O3S. The summed E-state index contributed by atoms with van der Waals surface area (Å²) in [6, 6.07) is 7.51. The van der Waals surface area contributed by atoms with Crippen LogP contribution < -0.4 is 20.7 Å². The van der Waals surface area contributed by atoms with Gasteiger partial charge < -0.3 is 25.4 Å². The van der Waals surface area contributed by atoms with Crippen molar-refractivity contribution < 1.29 is 14.3 Å². The van der Waals surface area contributed by atoms with E-state index in [1.807, 2.05) is 24.3 Å². The summed E-state index contributed by atoms with van der Waals surface area (Å²) >= 11 is 1.39. The van der Waals surface area contributed by atoms with Crippen molar-refractivity contribution in [3.05, 3.63) is 35.3 Å². The second-order valence-electron chi connectivity index (χ2n) is 4.89. The molecule has 146 valence electrons. The van der Waals surface area contributed by atoms with Crippen LogP contribution in [0.2, 0.25) is 0 Å². The first kappa shape index (κ1) is 24.4. The Morgan fingerprint density at radius 2 is 1.85 bits per heavy atom. The quantitative estimate of drug-likeness (QED) is 0.510. The van der Waals surface area contributed by atoms with Crippen molar-refractivity contribution in [2.45, 2.75) is 0 Å². The van der Waals surface area contributed by atoms with Crippen LogP contribution in [0, 0.1) is 0 Å². The summed E-state index contributed by atoms with van der Waals surface area (Å²) in [6.07, 6.45) is 0. The number of rotatable bonds is 10. The fourth-order valence-corrected chi connectivity index (χ4v) is 2.60. The van der Waals surface area contributed by atoms with Gasteiger partial charge in [0.15, 0.2) is 5.13 Å². The molecule has 0 radical (unpaired) electrons. The summed E-state index contributed by atoms with van der Waals surface area (Å²) in [7, 11) is 3.28. The molecule has 10 heteroatoms. The lowest BCUT2D eigenvalue weighted by Gasteiger charge is -2.05. The zero-order valence-electron chi connectivity index (χ0n) is 14.6. The fraction of sp³-hybridized carbons (Fsp3) is 0.375. The summed E-state index contributed by atoms with van der Waals surface area (Å²) in [4.78, 5) is 16.3. The largest absolute Gasteiger partial charge is 0.497 e. The summed E-state index contributed by atoms with van der Waals surface area (Å²) in [5, 5.41) is 11.6. The van der Waals surface area contributed by atoms with Gasteiger partial charge in [0.25, 0.3) is 5.91 Å². The molecule has 0 bridgehead atoms. The van der Waals surface area contributed by atoms with E-state index >= 15 is 0 Å². The van der Waals surface area contributed by atoms with Gasteiger partial charge >= 0.3 is 0 Å². The molecule has 2 aromatic rings. The maximum atomic E-state index is 12.0. The minimum absolute atomic E-state index is 0. The number of thiazole rings is 1. The number of carbonyl (C=O) groups is 1. The molecule has 1 heterocycles. The van der Waals surface area contributed by atoms with Crippen LogP contribution in [0.1, 0.15) is 10.5 Å². The van der Waals surface area contributed by atoms with E-state index in [1.54, 1.807) is 19.6 Å². The number of methoxy groups -OCH3 is 2. The number of hydrogen-bond donors (Lipinski definition) is 3. The standard InChI is InChI=1S/C16H22N4O3S.2ClH/c1-22-10-9-17-7-8-18-15(21)14-11-24-16(20-14)19-12-3-5-13(23-2)6-4-12;;/h3-6,11,17H,7-10H2,1-2H3,(H,18,21)(H,19,20);2*1H. The maximum Gasteiger partial charge on any atom is 0.270 e. The molecule has 0 fully saturated rings. The van der Waals surface area contributed by atoms with Crippen molar-refractivity contribution in [1.29, 1.82) is 0 Å². The normalized spacial score (nSPS) is 9.62. The molecule has 0 atom stereocenters. The van der Waals surface area contributed by atoms with Gasteiger partial charge in [-0.15, -0.1) is 36.2 Å². The molecule has 3 N–H and O–H groups in total. The highest BCUT2D eigenvalue weighted by Crippen LogP contribution is 2.22. The summed E-state index contributed by atoms with van der Waals surface area (Å²) in [5.41, 5.74) is 1.30. The van der Waals surface area contributed by atoms with E-state index in [0.717, 1.165) is 18.0 Å². The van der Waals surface area contributed by atoms with Gasteiger partial charge in [0.2, 0.25) is 0 Å². The van der Waals surface area contributed by atoms with Crippen LogP contribution in [0.4, 0.5) is 10.8 Å². The van der Waals surface area contributed by atoms with E-state index in [0.29, 0.717) is 30.5 Å². The Bertz CT molecular complexity index is 641. The van der Waals surface area contributed by atoms with Gasteiger partial charge in [-0.2, -0.15) is 0 Å². The minimum Gasteiger partial charge on any atom is -0.497 e. The second kappa shape index (κ2) is 13.6. The van der Waals surface area contributed by atoms with Crippen molar-refractivity contribution in [1.82, 2.24) is 15.6 Å². The molecule has 0 unspecified atom stereocenters. The molecule has 0 spiro atoms. The summed E-state index contributed by atoms with van der Waals surface area (Å²) in [5.74, 6) is 0.612. The monoisotopic (exact) mass is 422 g/mol. The van der Waals surface area contributed by atoms with Gasteiger partial charge in [0.05, 0.1) is 13.7 Å². The molecule has 1 aromatic carbocycles. The topological polar surface area (TPSA) is 84.5 Å². The first-order valence-corrected chi connectivity index (χ1v) is 8.45. The molecule has 2 rings (SSSR count). The highest BCUT2D eigenvalue weighted by Gasteiger charge is 2.10. The van der Waals surface area contributed by atoms with Gasteiger partial charge in [0, 0.05) is 37.8 Å². The first-order chi connectivity index (χ1) is 11.7. The lowest BCUT2D eigenvalue weighted by atomic mass is 10.3. The maximum absolute atomic E-state index is 12.0. The predicted octanol–water partition coefficient (Wildman–Crippen LogP) is 2.70. The number of nitrogens with zero attached hydrogens (tertiary/aromatic N) is 1. The van der Waals surface area contributed by atoms with E-state index in [1.165, 1.54) is 11.3 Å². The van der Waals surface area contributed by atoms with E-state index in [9.17, 15) is 4.79 Å². The van der Waals surface area contributed by atoms with E-state index in [2.05, 4.69) is 20.9 Å². The van der Waals surface area contributed by atoms with Gasteiger partial charge in [-0.25, -0.2) is 4.98 Å². The number of aromatic nitrogens is 1. The molecule has 0 aliphatic heterocycles. The van der Waals surface area contributed by atoms with Gasteiger partial charge in [0.1, 0.15) is 11.4 Å².